The standard InChI is InChI=1S/C23H23ClFNO4/c1-12(2)21-19(23(29)30)22(28)16-10-14(7-8-18(16)26(21)13(3)11-27)9-15-5-4-6-17(24)20(15)25/h4-8,10,12-13,27H,9,11H2,1-3H3,(H,29,30). The third-order valence-electron chi connectivity index (χ3n) is 5.20. The summed E-state index contributed by atoms with van der Waals surface area (Å²) in [5.74, 6) is -2.08. The summed E-state index contributed by atoms with van der Waals surface area (Å²) >= 11 is 5.86. The van der Waals surface area contributed by atoms with Crippen LogP contribution < -0.4 is 5.43 Å². The van der Waals surface area contributed by atoms with E-state index in [0.717, 1.165) is 0 Å². The van der Waals surface area contributed by atoms with Gasteiger partial charge in [-0.3, -0.25) is 4.79 Å². The summed E-state index contributed by atoms with van der Waals surface area (Å²) < 4.78 is 16.0. The number of hydrogen-bond acceptors (Lipinski definition) is 3. The van der Waals surface area contributed by atoms with Crippen molar-refractivity contribution in [3.05, 3.63) is 79.8 Å². The molecule has 1 aromatic heterocycles. The summed E-state index contributed by atoms with van der Waals surface area (Å²) in [6.45, 7) is 5.16. The molecule has 0 saturated heterocycles. The Hall–Kier alpha value is -2.70. The number of fused-ring (bicyclic) bond motifs is 1. The minimum Gasteiger partial charge on any atom is -0.477 e. The maximum absolute atomic E-state index is 14.3. The molecule has 2 N–H and O–H groups in total. The Morgan fingerprint density at radius 3 is 2.50 bits per heavy atom. The van der Waals surface area contributed by atoms with Crippen molar-refractivity contribution in [3.63, 3.8) is 0 Å². The van der Waals surface area contributed by atoms with E-state index in [9.17, 15) is 24.2 Å². The van der Waals surface area contributed by atoms with Gasteiger partial charge < -0.3 is 14.8 Å². The summed E-state index contributed by atoms with van der Waals surface area (Å²) in [5.41, 5.74) is 1.04. The minimum absolute atomic E-state index is 0.0159. The van der Waals surface area contributed by atoms with Gasteiger partial charge in [-0.2, -0.15) is 0 Å². The van der Waals surface area contributed by atoms with E-state index in [2.05, 4.69) is 0 Å². The molecule has 2 aromatic carbocycles. The van der Waals surface area contributed by atoms with Crippen LogP contribution in [0.25, 0.3) is 10.9 Å². The van der Waals surface area contributed by atoms with Crippen molar-refractivity contribution in [3.8, 4) is 0 Å². The Kier molecular flexibility index (Phi) is 6.29. The number of aromatic nitrogens is 1. The van der Waals surface area contributed by atoms with Crippen LogP contribution in [0.5, 0.6) is 0 Å². The molecular formula is C23H23ClFNO4. The molecule has 0 aliphatic carbocycles. The number of benzene rings is 2. The third kappa shape index (κ3) is 3.85. The zero-order chi connectivity index (χ0) is 22.2. The fourth-order valence-corrected chi connectivity index (χ4v) is 4.02. The molecule has 7 heteroatoms. The Balaban J connectivity index is 2.31. The summed E-state index contributed by atoms with van der Waals surface area (Å²) in [6, 6.07) is 9.37. The maximum Gasteiger partial charge on any atom is 0.341 e. The molecule has 3 rings (SSSR count). The molecule has 0 spiro atoms. The van der Waals surface area contributed by atoms with Crippen LogP contribution in [0.15, 0.2) is 41.2 Å². The van der Waals surface area contributed by atoms with E-state index in [-0.39, 0.29) is 34.9 Å². The van der Waals surface area contributed by atoms with E-state index in [1.54, 1.807) is 41.8 Å². The molecule has 158 valence electrons. The second-order valence-corrected chi connectivity index (χ2v) is 8.10. The second kappa shape index (κ2) is 8.58. The Morgan fingerprint density at radius 2 is 1.90 bits per heavy atom. The number of halogens is 2. The van der Waals surface area contributed by atoms with E-state index in [1.165, 1.54) is 6.07 Å². The molecule has 0 saturated carbocycles. The van der Waals surface area contributed by atoms with Gasteiger partial charge in [0.2, 0.25) is 5.43 Å². The first kappa shape index (κ1) is 22.0. The fraction of sp³-hybridized carbons (Fsp3) is 0.304. The molecule has 1 atom stereocenters. The highest BCUT2D eigenvalue weighted by Crippen LogP contribution is 2.28. The Bertz CT molecular complexity index is 1190. The largest absolute Gasteiger partial charge is 0.477 e. The van der Waals surface area contributed by atoms with Gasteiger partial charge in [0.25, 0.3) is 0 Å². The molecule has 0 radical (unpaired) electrons. The lowest BCUT2D eigenvalue weighted by Crippen LogP contribution is -2.27. The fourth-order valence-electron chi connectivity index (χ4n) is 3.82. The van der Waals surface area contributed by atoms with Gasteiger partial charge >= 0.3 is 5.97 Å². The van der Waals surface area contributed by atoms with Gasteiger partial charge in [0.15, 0.2) is 0 Å². The van der Waals surface area contributed by atoms with Crippen molar-refractivity contribution in [2.75, 3.05) is 6.61 Å². The number of pyridine rings is 1. The van der Waals surface area contributed by atoms with Gasteiger partial charge in [0, 0.05) is 17.5 Å². The normalized spacial score (nSPS) is 12.5. The van der Waals surface area contributed by atoms with Gasteiger partial charge in [0.1, 0.15) is 11.4 Å². The number of aliphatic hydroxyl groups excluding tert-OH is 1. The highest BCUT2D eigenvalue weighted by Gasteiger charge is 2.26. The van der Waals surface area contributed by atoms with Crippen molar-refractivity contribution < 1.29 is 19.4 Å². The van der Waals surface area contributed by atoms with Crippen molar-refractivity contribution in [2.24, 2.45) is 0 Å². The van der Waals surface area contributed by atoms with Gasteiger partial charge in [-0.1, -0.05) is 43.6 Å². The summed E-state index contributed by atoms with van der Waals surface area (Å²) in [7, 11) is 0. The number of aromatic carboxylic acids is 1. The number of carboxylic acid groups (broad SMARTS) is 1. The molecule has 0 fully saturated rings. The SMILES string of the molecule is CC(C)c1c(C(=O)O)c(=O)c2cc(Cc3cccc(Cl)c3F)ccc2n1C(C)CO. The Labute approximate surface area is 178 Å². The molecule has 0 aliphatic heterocycles. The van der Waals surface area contributed by atoms with Gasteiger partial charge in [0.05, 0.1) is 23.2 Å². The highest BCUT2D eigenvalue weighted by atomic mass is 35.5. The number of aliphatic hydroxyl groups is 1. The lowest BCUT2D eigenvalue weighted by atomic mass is 9.96. The first-order valence-corrected chi connectivity index (χ1v) is 10.0. The average molecular weight is 432 g/mol. The Morgan fingerprint density at radius 1 is 1.20 bits per heavy atom. The molecule has 0 bridgehead atoms. The van der Waals surface area contributed by atoms with Crippen molar-refractivity contribution in [1.29, 1.82) is 0 Å². The van der Waals surface area contributed by atoms with Crippen molar-refractivity contribution in [2.45, 2.75) is 39.2 Å². The highest BCUT2D eigenvalue weighted by molar-refractivity contribution is 6.30. The molecular weight excluding hydrogens is 409 g/mol. The zero-order valence-electron chi connectivity index (χ0n) is 16.9. The topological polar surface area (TPSA) is 79.5 Å². The maximum atomic E-state index is 14.3. The van der Waals surface area contributed by atoms with E-state index in [1.807, 2.05) is 13.8 Å². The van der Waals surface area contributed by atoms with Crippen LogP contribution in [0.2, 0.25) is 5.02 Å². The third-order valence-corrected chi connectivity index (χ3v) is 5.49. The lowest BCUT2D eigenvalue weighted by Gasteiger charge is -2.25. The molecule has 5 nitrogen and oxygen atoms in total. The summed E-state index contributed by atoms with van der Waals surface area (Å²) in [5, 5.41) is 19.8. The van der Waals surface area contributed by atoms with E-state index in [4.69, 9.17) is 11.6 Å². The molecule has 1 heterocycles. The van der Waals surface area contributed by atoms with Crippen LogP contribution in [0.4, 0.5) is 4.39 Å². The summed E-state index contributed by atoms with van der Waals surface area (Å²) in [6.07, 6.45) is 0.200. The van der Waals surface area contributed by atoms with Crippen LogP contribution in [0.3, 0.4) is 0 Å². The number of nitrogens with zero attached hydrogens (tertiary/aromatic N) is 1. The van der Waals surface area contributed by atoms with Gasteiger partial charge in [-0.05, 0) is 42.2 Å². The number of rotatable bonds is 6. The monoisotopic (exact) mass is 431 g/mol. The van der Waals surface area contributed by atoms with Crippen LogP contribution in [-0.4, -0.2) is 27.4 Å². The van der Waals surface area contributed by atoms with Crippen molar-refractivity contribution >= 4 is 28.5 Å². The lowest BCUT2D eigenvalue weighted by molar-refractivity contribution is 0.0692. The van der Waals surface area contributed by atoms with E-state index < -0.39 is 23.3 Å². The quantitative estimate of drug-likeness (QED) is 0.589. The first-order chi connectivity index (χ1) is 14.2. The average Bonchev–Trinajstić information content (AvgIpc) is 2.70. The number of hydrogen-bond donors (Lipinski definition) is 2. The van der Waals surface area contributed by atoms with Crippen LogP contribution in [0.1, 0.15) is 59.9 Å². The zero-order valence-corrected chi connectivity index (χ0v) is 17.7. The van der Waals surface area contributed by atoms with Gasteiger partial charge in [-0.25, -0.2) is 9.18 Å². The number of carbonyl (C=O) groups is 1. The molecule has 30 heavy (non-hydrogen) atoms. The van der Waals surface area contributed by atoms with Crippen LogP contribution in [-0.2, 0) is 6.42 Å². The summed E-state index contributed by atoms with van der Waals surface area (Å²) in [4.78, 5) is 25.1. The second-order valence-electron chi connectivity index (χ2n) is 7.69. The number of carboxylic acids is 1. The van der Waals surface area contributed by atoms with Crippen molar-refractivity contribution in [1.82, 2.24) is 4.57 Å². The van der Waals surface area contributed by atoms with Crippen LogP contribution >= 0.6 is 11.6 Å². The molecule has 3 aromatic rings. The van der Waals surface area contributed by atoms with Crippen LogP contribution in [0, 0.1) is 5.82 Å². The minimum atomic E-state index is -1.31. The van der Waals surface area contributed by atoms with E-state index in [0.29, 0.717) is 22.3 Å². The molecule has 0 amide bonds. The van der Waals surface area contributed by atoms with E-state index >= 15 is 0 Å². The molecule has 1 unspecified atom stereocenters. The van der Waals surface area contributed by atoms with Gasteiger partial charge in [-0.15, -0.1) is 0 Å². The first-order valence-electron chi connectivity index (χ1n) is 9.65. The predicted molar refractivity (Wildman–Crippen MR) is 115 cm³/mol. The molecule has 0 aliphatic rings. The smallest absolute Gasteiger partial charge is 0.341 e. The predicted octanol–water partition coefficient (Wildman–Crippen LogP) is 4.76.